The Kier molecular flexibility index (Phi) is 8.59. The van der Waals surface area contributed by atoms with E-state index in [1.165, 1.54) is 11.6 Å². The summed E-state index contributed by atoms with van der Waals surface area (Å²) in [6.45, 7) is 13.3. The summed E-state index contributed by atoms with van der Waals surface area (Å²) in [5, 5.41) is 2.40. The second-order valence-electron chi connectivity index (χ2n) is 15.0. The number of epoxide rings is 1. The Labute approximate surface area is 301 Å². The van der Waals surface area contributed by atoms with Crippen molar-refractivity contribution < 1.29 is 41.7 Å². The van der Waals surface area contributed by atoms with Crippen molar-refractivity contribution in [3.63, 3.8) is 0 Å². The summed E-state index contributed by atoms with van der Waals surface area (Å²) in [7, 11) is 0. The average molecular weight is 709 g/mol. The molecule has 1 unspecified atom stereocenters. The summed E-state index contributed by atoms with van der Waals surface area (Å²) in [6.07, 6.45) is 14.7. The molecule has 0 N–H and O–H groups in total. The number of hydrogen-bond acceptors (Lipinski definition) is 10. The van der Waals surface area contributed by atoms with E-state index in [2.05, 4.69) is 33.8 Å². The lowest BCUT2D eigenvalue weighted by molar-refractivity contribution is -0.270. The molecule has 6 heterocycles. The van der Waals surface area contributed by atoms with Gasteiger partial charge in [-0.1, -0.05) is 11.1 Å². The molecule has 3 aromatic heterocycles. The number of allylic oxidation sites excluding steroid dienone is 2. The summed E-state index contributed by atoms with van der Waals surface area (Å²) in [5.41, 5.74) is 3.83. The SMILES string of the molecule is CC(=CCOc1c2c(cc3occc13)O[C@]1(C=C2)O[C@H](CCC(C)=CCOc2c3ccoc3cc3oc(=O)ccc23)C(C)(C)O1)CCC1OC1(C)C. The fourth-order valence-electron chi connectivity index (χ4n) is 7.13. The molecule has 272 valence electrons. The van der Waals surface area contributed by atoms with Gasteiger partial charge in [0.1, 0.15) is 47.2 Å². The minimum absolute atomic E-state index is 0.00205. The normalized spacial score (nSPS) is 23.4. The van der Waals surface area contributed by atoms with E-state index >= 15 is 0 Å². The fraction of sp³-hybridized carbons (Fsp3) is 0.405. The number of rotatable bonds is 12. The van der Waals surface area contributed by atoms with Crippen LogP contribution < -0.4 is 19.8 Å². The smallest absolute Gasteiger partial charge is 0.350 e. The Morgan fingerprint density at radius 2 is 1.35 bits per heavy atom. The maximum absolute atomic E-state index is 11.8. The average Bonchev–Trinajstić information content (AvgIpc) is 3.49. The first-order chi connectivity index (χ1) is 24.9. The lowest BCUT2D eigenvalue weighted by atomic mass is 9.96. The van der Waals surface area contributed by atoms with E-state index in [1.807, 2.05) is 50.3 Å². The maximum Gasteiger partial charge on any atom is 0.350 e. The van der Waals surface area contributed by atoms with Crippen LogP contribution in [0.1, 0.15) is 72.8 Å². The van der Waals surface area contributed by atoms with Crippen LogP contribution in [0.3, 0.4) is 0 Å². The molecule has 52 heavy (non-hydrogen) atoms. The van der Waals surface area contributed by atoms with E-state index in [1.54, 1.807) is 24.7 Å². The largest absolute Gasteiger partial charge is 0.488 e. The van der Waals surface area contributed by atoms with Gasteiger partial charge < -0.3 is 41.7 Å². The van der Waals surface area contributed by atoms with Crippen molar-refractivity contribution in [2.45, 2.75) is 96.6 Å². The summed E-state index contributed by atoms with van der Waals surface area (Å²) in [6, 6.07) is 10.4. The van der Waals surface area contributed by atoms with Gasteiger partial charge in [-0.2, -0.15) is 0 Å². The monoisotopic (exact) mass is 708 g/mol. The van der Waals surface area contributed by atoms with Crippen LogP contribution in [0.15, 0.2) is 96.3 Å². The quantitative estimate of drug-likeness (QED) is 0.0705. The molecule has 2 aromatic carbocycles. The van der Waals surface area contributed by atoms with Crippen molar-refractivity contribution in [3.8, 4) is 17.2 Å². The first-order valence-corrected chi connectivity index (χ1v) is 17.9. The number of benzene rings is 2. The zero-order valence-electron chi connectivity index (χ0n) is 30.4. The zero-order chi connectivity index (χ0) is 36.3. The summed E-state index contributed by atoms with van der Waals surface area (Å²) < 4.78 is 54.7. The van der Waals surface area contributed by atoms with Crippen molar-refractivity contribution >= 4 is 39.0 Å². The second kappa shape index (κ2) is 13.0. The molecule has 5 aromatic rings. The minimum atomic E-state index is -1.38. The van der Waals surface area contributed by atoms with E-state index in [4.69, 9.17) is 41.7 Å². The number of hydrogen-bond donors (Lipinski definition) is 0. The molecular formula is C42H44O10. The van der Waals surface area contributed by atoms with Crippen molar-refractivity contribution in [2.24, 2.45) is 0 Å². The molecular weight excluding hydrogens is 664 g/mol. The van der Waals surface area contributed by atoms with Crippen LogP contribution in [0.5, 0.6) is 17.2 Å². The Hall–Kier alpha value is -4.77. The van der Waals surface area contributed by atoms with Gasteiger partial charge >= 0.3 is 11.6 Å². The highest BCUT2D eigenvalue weighted by molar-refractivity contribution is 6.01. The third-order valence-electron chi connectivity index (χ3n) is 10.3. The molecule has 0 radical (unpaired) electrons. The zero-order valence-corrected chi connectivity index (χ0v) is 30.4. The van der Waals surface area contributed by atoms with E-state index in [0.717, 1.165) is 41.2 Å². The van der Waals surface area contributed by atoms with E-state index in [0.29, 0.717) is 65.1 Å². The van der Waals surface area contributed by atoms with Crippen molar-refractivity contribution in [3.05, 3.63) is 94.3 Å². The second-order valence-corrected chi connectivity index (χ2v) is 15.0. The lowest BCUT2D eigenvalue weighted by Crippen LogP contribution is -2.38. The predicted octanol–water partition coefficient (Wildman–Crippen LogP) is 9.63. The van der Waals surface area contributed by atoms with Crippen LogP contribution in [0, 0.1) is 0 Å². The standard InChI is InChI=1S/C42H44O10/c1-25(7-10-35-40(3,4)50-35)15-20-47-39-28-13-18-42(49-34(28)24-32-30(39)17-22-45-32)51-36(41(5,6)52-42)11-8-26(2)14-19-46-38-27-9-12-37(43)48-33(27)23-31-29(38)16-21-44-31/h9,12-18,21-24,35-36H,7-8,10-11,19-20H2,1-6H3/t35?,36-,42-/m1/s1. The van der Waals surface area contributed by atoms with Gasteiger partial charge in [0.15, 0.2) is 0 Å². The molecule has 0 saturated carbocycles. The van der Waals surface area contributed by atoms with Crippen LogP contribution in [-0.2, 0) is 14.2 Å². The molecule has 10 nitrogen and oxygen atoms in total. The number of fused-ring (bicyclic) bond motifs is 4. The molecule has 0 aliphatic carbocycles. The van der Waals surface area contributed by atoms with Gasteiger partial charge in [0.25, 0.3) is 0 Å². The first kappa shape index (κ1) is 34.3. The highest BCUT2D eigenvalue weighted by Gasteiger charge is 2.54. The van der Waals surface area contributed by atoms with Crippen LogP contribution >= 0.6 is 0 Å². The third-order valence-corrected chi connectivity index (χ3v) is 10.3. The fourth-order valence-corrected chi connectivity index (χ4v) is 7.13. The summed E-state index contributed by atoms with van der Waals surface area (Å²) >= 11 is 0. The summed E-state index contributed by atoms with van der Waals surface area (Å²) in [5.74, 6) is 0.495. The van der Waals surface area contributed by atoms with Gasteiger partial charge in [-0.05, 0) is 104 Å². The van der Waals surface area contributed by atoms with Gasteiger partial charge in [-0.15, -0.1) is 0 Å². The molecule has 1 spiro atoms. The highest BCUT2D eigenvalue weighted by atomic mass is 16.9. The number of furan rings is 2. The molecule has 10 heteroatoms. The molecule has 3 atom stereocenters. The van der Waals surface area contributed by atoms with Crippen molar-refractivity contribution in [1.82, 2.24) is 0 Å². The van der Waals surface area contributed by atoms with Crippen LogP contribution in [-0.4, -0.2) is 42.6 Å². The maximum atomic E-state index is 11.8. The van der Waals surface area contributed by atoms with Crippen LogP contribution in [0.25, 0.3) is 39.0 Å². The Balaban J connectivity index is 0.918. The first-order valence-electron chi connectivity index (χ1n) is 17.9. The van der Waals surface area contributed by atoms with Gasteiger partial charge in [-0.3, -0.25) is 0 Å². The molecule has 3 aliphatic heterocycles. The van der Waals surface area contributed by atoms with Gasteiger partial charge in [0.05, 0.1) is 57.7 Å². The number of ether oxygens (including phenoxy) is 6. The van der Waals surface area contributed by atoms with Crippen LogP contribution in [0.2, 0.25) is 0 Å². The molecule has 3 aliphatic rings. The summed E-state index contributed by atoms with van der Waals surface area (Å²) in [4.78, 5) is 11.8. The topological polar surface area (TPSA) is 115 Å². The minimum Gasteiger partial charge on any atom is -0.488 e. The Bertz CT molecular complexity index is 2300. The van der Waals surface area contributed by atoms with Crippen molar-refractivity contribution in [1.29, 1.82) is 0 Å². The van der Waals surface area contributed by atoms with Crippen LogP contribution in [0.4, 0.5) is 0 Å². The van der Waals surface area contributed by atoms with Crippen molar-refractivity contribution in [2.75, 3.05) is 13.2 Å². The van der Waals surface area contributed by atoms with Gasteiger partial charge in [0.2, 0.25) is 0 Å². The highest BCUT2D eigenvalue weighted by Crippen LogP contribution is 2.48. The molecule has 8 rings (SSSR count). The molecule has 0 bridgehead atoms. The molecule has 2 saturated heterocycles. The van der Waals surface area contributed by atoms with E-state index in [-0.39, 0.29) is 11.7 Å². The van der Waals surface area contributed by atoms with E-state index in [9.17, 15) is 4.79 Å². The van der Waals surface area contributed by atoms with E-state index < -0.39 is 17.2 Å². The molecule has 0 amide bonds. The third kappa shape index (κ3) is 6.66. The van der Waals surface area contributed by atoms with Gasteiger partial charge in [-0.25, -0.2) is 4.79 Å². The Morgan fingerprint density at radius 3 is 2.02 bits per heavy atom. The Morgan fingerprint density at radius 1 is 0.750 bits per heavy atom. The van der Waals surface area contributed by atoms with Gasteiger partial charge in [0, 0.05) is 24.3 Å². The molecule has 2 fully saturated rings. The predicted molar refractivity (Wildman–Crippen MR) is 197 cm³/mol. The lowest BCUT2D eigenvalue weighted by Gasteiger charge is -2.30.